The van der Waals surface area contributed by atoms with Gasteiger partial charge in [-0.25, -0.2) is 5.48 Å². The molecule has 4 heteroatoms. The first kappa shape index (κ1) is 16.0. The summed E-state index contributed by atoms with van der Waals surface area (Å²) in [5.41, 5.74) is 3.29. The lowest BCUT2D eigenvalue weighted by Gasteiger charge is -2.36. The molecule has 0 amide bonds. The molecule has 4 nitrogen and oxygen atoms in total. The lowest BCUT2D eigenvalue weighted by Crippen LogP contribution is -2.43. The zero-order valence-corrected chi connectivity index (χ0v) is 12.7. The average Bonchev–Trinajstić information content (AvgIpc) is 2.53. The summed E-state index contributed by atoms with van der Waals surface area (Å²) < 4.78 is 0. The van der Waals surface area contributed by atoms with E-state index in [4.69, 9.17) is 4.84 Å². The second kappa shape index (κ2) is 7.57. The van der Waals surface area contributed by atoms with Crippen molar-refractivity contribution in [3.05, 3.63) is 35.9 Å². The Labute approximate surface area is 126 Å². The number of benzene rings is 1. The molecule has 2 rings (SSSR count). The molecule has 0 saturated heterocycles. The van der Waals surface area contributed by atoms with E-state index in [1.165, 1.54) is 0 Å². The summed E-state index contributed by atoms with van der Waals surface area (Å²) in [5.74, 6) is -0.0180. The van der Waals surface area contributed by atoms with Gasteiger partial charge in [0.15, 0.2) is 0 Å². The molecule has 1 aliphatic carbocycles. The van der Waals surface area contributed by atoms with E-state index in [-0.39, 0.29) is 0 Å². The van der Waals surface area contributed by atoms with E-state index in [1.807, 2.05) is 30.3 Å². The molecule has 1 aromatic rings. The molecule has 0 aliphatic heterocycles. The molecule has 0 radical (unpaired) electrons. The molecule has 0 unspecified atom stereocenters. The molecule has 116 valence electrons. The fourth-order valence-corrected chi connectivity index (χ4v) is 3.00. The Morgan fingerprint density at radius 3 is 2.57 bits per heavy atom. The van der Waals surface area contributed by atoms with Gasteiger partial charge in [0.2, 0.25) is 0 Å². The Hall–Kier alpha value is -1.39. The third kappa shape index (κ3) is 4.29. The van der Waals surface area contributed by atoms with Crippen molar-refractivity contribution in [2.75, 3.05) is 6.54 Å². The van der Waals surface area contributed by atoms with Gasteiger partial charge in [0.05, 0.1) is 12.0 Å². The van der Waals surface area contributed by atoms with E-state index < -0.39 is 11.4 Å². The van der Waals surface area contributed by atoms with Crippen LogP contribution in [0.15, 0.2) is 30.3 Å². The fraction of sp³-hybridized carbons (Fsp3) is 0.588. The molecular weight excluding hydrogens is 266 g/mol. The number of hydrogen-bond acceptors (Lipinski definition) is 3. The predicted molar refractivity (Wildman–Crippen MR) is 81.6 cm³/mol. The predicted octanol–water partition coefficient (Wildman–Crippen LogP) is 3.38. The van der Waals surface area contributed by atoms with Crippen molar-refractivity contribution in [2.24, 2.45) is 11.3 Å². The average molecular weight is 291 g/mol. The first-order valence-electron chi connectivity index (χ1n) is 7.78. The van der Waals surface area contributed by atoms with Crippen molar-refractivity contribution < 1.29 is 14.7 Å². The highest BCUT2D eigenvalue weighted by Gasteiger charge is 2.41. The summed E-state index contributed by atoms with van der Waals surface area (Å²) in [6.07, 6.45) is 4.63. The van der Waals surface area contributed by atoms with Crippen LogP contribution in [0.3, 0.4) is 0 Å². The SMILES string of the molecule is CC[C@H]1CC[C@@](CNOCc2ccccc2)(C(=O)O)CC1. The van der Waals surface area contributed by atoms with Crippen molar-refractivity contribution in [3.63, 3.8) is 0 Å². The Morgan fingerprint density at radius 2 is 2.00 bits per heavy atom. The van der Waals surface area contributed by atoms with Crippen LogP contribution in [0, 0.1) is 11.3 Å². The van der Waals surface area contributed by atoms with Gasteiger partial charge in [-0.15, -0.1) is 0 Å². The van der Waals surface area contributed by atoms with Crippen LogP contribution in [0.2, 0.25) is 0 Å². The topological polar surface area (TPSA) is 58.6 Å². The van der Waals surface area contributed by atoms with Gasteiger partial charge >= 0.3 is 5.97 Å². The third-order valence-corrected chi connectivity index (χ3v) is 4.69. The highest BCUT2D eigenvalue weighted by atomic mass is 16.6. The lowest BCUT2D eigenvalue weighted by atomic mass is 9.70. The normalized spacial score (nSPS) is 25.7. The summed E-state index contributed by atoms with van der Waals surface area (Å²) in [6.45, 7) is 3.01. The molecule has 21 heavy (non-hydrogen) atoms. The zero-order valence-electron chi connectivity index (χ0n) is 12.7. The van der Waals surface area contributed by atoms with Crippen LogP contribution in [-0.4, -0.2) is 17.6 Å². The molecule has 1 fully saturated rings. The number of carboxylic acid groups (broad SMARTS) is 1. The Balaban J connectivity index is 1.80. The summed E-state index contributed by atoms with van der Waals surface area (Å²) in [6, 6.07) is 9.86. The number of carbonyl (C=O) groups is 1. The van der Waals surface area contributed by atoms with Gasteiger partial charge in [0, 0.05) is 6.54 Å². The number of rotatable bonds is 7. The van der Waals surface area contributed by atoms with Gasteiger partial charge in [0.25, 0.3) is 0 Å². The minimum Gasteiger partial charge on any atom is -0.481 e. The first-order chi connectivity index (χ1) is 10.2. The van der Waals surface area contributed by atoms with E-state index in [1.54, 1.807) is 0 Å². The zero-order chi connectivity index (χ0) is 15.1. The monoisotopic (exact) mass is 291 g/mol. The third-order valence-electron chi connectivity index (χ3n) is 4.69. The number of carboxylic acids is 1. The molecule has 1 aromatic carbocycles. The summed E-state index contributed by atoms with van der Waals surface area (Å²) in [5, 5.41) is 9.57. The standard InChI is InChI=1S/C17H25NO3/c1-2-14-8-10-17(11-9-14,16(19)20)13-18-21-12-15-6-4-3-5-7-15/h3-7,14,18H,2,8-13H2,1H3,(H,19,20)/t14-,17+. The maximum absolute atomic E-state index is 11.6. The molecule has 0 bridgehead atoms. The van der Waals surface area contributed by atoms with Crippen molar-refractivity contribution >= 4 is 5.97 Å². The minimum atomic E-state index is -0.701. The Kier molecular flexibility index (Phi) is 5.76. The van der Waals surface area contributed by atoms with Crippen LogP contribution in [0.1, 0.15) is 44.6 Å². The van der Waals surface area contributed by atoms with Crippen LogP contribution in [0.25, 0.3) is 0 Å². The molecule has 1 aliphatic rings. The molecular formula is C17H25NO3. The molecule has 2 N–H and O–H groups in total. The van der Waals surface area contributed by atoms with E-state index in [0.29, 0.717) is 19.1 Å². The Bertz CT molecular complexity index is 439. The maximum Gasteiger partial charge on any atom is 0.311 e. The van der Waals surface area contributed by atoms with E-state index in [0.717, 1.165) is 37.7 Å². The van der Waals surface area contributed by atoms with Crippen molar-refractivity contribution in [3.8, 4) is 0 Å². The van der Waals surface area contributed by atoms with Crippen LogP contribution in [0.4, 0.5) is 0 Å². The van der Waals surface area contributed by atoms with Gasteiger partial charge in [-0.1, -0.05) is 43.7 Å². The number of aliphatic carboxylic acids is 1. The van der Waals surface area contributed by atoms with Crippen molar-refractivity contribution in [1.82, 2.24) is 5.48 Å². The van der Waals surface area contributed by atoms with Gasteiger partial charge in [-0.3, -0.25) is 9.63 Å². The van der Waals surface area contributed by atoms with Crippen LogP contribution in [-0.2, 0) is 16.2 Å². The van der Waals surface area contributed by atoms with E-state index in [9.17, 15) is 9.90 Å². The molecule has 0 heterocycles. The minimum absolute atomic E-state index is 0.381. The summed E-state index contributed by atoms with van der Waals surface area (Å²) in [4.78, 5) is 17.1. The van der Waals surface area contributed by atoms with Gasteiger partial charge < -0.3 is 5.11 Å². The second-order valence-electron chi connectivity index (χ2n) is 6.03. The maximum atomic E-state index is 11.6. The van der Waals surface area contributed by atoms with Crippen LogP contribution < -0.4 is 5.48 Å². The second-order valence-corrected chi connectivity index (χ2v) is 6.03. The lowest BCUT2D eigenvalue weighted by molar-refractivity contribution is -0.153. The van der Waals surface area contributed by atoms with E-state index >= 15 is 0 Å². The van der Waals surface area contributed by atoms with Crippen molar-refractivity contribution in [1.29, 1.82) is 0 Å². The van der Waals surface area contributed by atoms with Crippen LogP contribution in [0.5, 0.6) is 0 Å². The quantitative estimate of drug-likeness (QED) is 0.597. The highest BCUT2D eigenvalue weighted by molar-refractivity contribution is 5.75. The molecule has 0 atom stereocenters. The molecule has 0 spiro atoms. The van der Waals surface area contributed by atoms with Gasteiger partial charge in [-0.2, -0.15) is 0 Å². The van der Waals surface area contributed by atoms with Gasteiger partial charge in [0.1, 0.15) is 0 Å². The number of hydroxylamine groups is 1. The summed E-state index contributed by atoms with van der Waals surface area (Å²) in [7, 11) is 0. The van der Waals surface area contributed by atoms with E-state index in [2.05, 4.69) is 12.4 Å². The summed E-state index contributed by atoms with van der Waals surface area (Å²) >= 11 is 0. The molecule has 0 aromatic heterocycles. The smallest absolute Gasteiger partial charge is 0.311 e. The number of hydrogen-bond donors (Lipinski definition) is 2. The number of nitrogens with one attached hydrogen (secondary N) is 1. The highest BCUT2D eigenvalue weighted by Crippen LogP contribution is 2.39. The largest absolute Gasteiger partial charge is 0.481 e. The first-order valence-corrected chi connectivity index (χ1v) is 7.78. The Morgan fingerprint density at radius 1 is 1.33 bits per heavy atom. The van der Waals surface area contributed by atoms with Crippen LogP contribution >= 0.6 is 0 Å². The van der Waals surface area contributed by atoms with Crippen molar-refractivity contribution in [2.45, 2.75) is 45.6 Å². The molecule has 1 saturated carbocycles. The fourth-order valence-electron chi connectivity index (χ4n) is 3.00. The van der Waals surface area contributed by atoms with Gasteiger partial charge in [-0.05, 0) is 37.2 Å².